The van der Waals surface area contributed by atoms with Crippen LogP contribution in [0.15, 0.2) is 24.3 Å². The number of ether oxygens (including phenoxy) is 1. The Morgan fingerprint density at radius 1 is 1.53 bits per heavy atom. The number of thioether (sulfide) groups is 1. The quantitative estimate of drug-likeness (QED) is 0.853. The molecule has 0 amide bonds. The van der Waals surface area contributed by atoms with Crippen molar-refractivity contribution in [3.05, 3.63) is 29.8 Å². The zero-order valence-corrected chi connectivity index (χ0v) is 10.2. The molecular weight excluding hydrogens is 238 g/mol. The minimum Gasteiger partial charge on any atom is -0.489 e. The van der Waals surface area contributed by atoms with E-state index >= 15 is 0 Å². The van der Waals surface area contributed by atoms with Gasteiger partial charge < -0.3 is 15.6 Å². The molecule has 0 bridgehead atoms. The Bertz CT molecular complexity index is 404. The van der Waals surface area contributed by atoms with Gasteiger partial charge in [-0.3, -0.25) is 4.79 Å². The van der Waals surface area contributed by atoms with Gasteiger partial charge in [-0.25, -0.2) is 0 Å². The number of carboxylic acids is 1. The number of aliphatic carboxylic acids is 1. The molecule has 1 aliphatic rings. The zero-order chi connectivity index (χ0) is 12.3. The highest BCUT2D eigenvalue weighted by molar-refractivity contribution is 7.99. The Morgan fingerprint density at radius 3 is 2.94 bits per heavy atom. The minimum atomic E-state index is -1.04. The van der Waals surface area contributed by atoms with Crippen LogP contribution < -0.4 is 10.5 Å². The number of carbonyl (C=O) groups is 1. The van der Waals surface area contributed by atoms with Crippen LogP contribution in [0.3, 0.4) is 0 Å². The molecule has 1 aromatic rings. The van der Waals surface area contributed by atoms with Crippen LogP contribution in [-0.2, 0) is 4.79 Å². The molecule has 1 aromatic carbocycles. The molecule has 5 heteroatoms. The first-order chi connectivity index (χ1) is 8.18. The lowest BCUT2D eigenvalue weighted by atomic mass is 10.1. The second kappa shape index (κ2) is 5.42. The van der Waals surface area contributed by atoms with Crippen molar-refractivity contribution in [2.75, 3.05) is 11.5 Å². The molecule has 0 aromatic heterocycles. The predicted molar refractivity (Wildman–Crippen MR) is 67.4 cm³/mol. The third-order valence-corrected chi connectivity index (χ3v) is 3.83. The molecule has 4 nitrogen and oxygen atoms in total. The molecule has 0 aliphatic carbocycles. The van der Waals surface area contributed by atoms with Crippen molar-refractivity contribution in [3.63, 3.8) is 0 Å². The summed E-state index contributed by atoms with van der Waals surface area (Å²) >= 11 is 1.85. The van der Waals surface area contributed by atoms with Crippen molar-refractivity contribution in [2.24, 2.45) is 5.73 Å². The second-order valence-corrected chi connectivity index (χ2v) is 5.11. The number of carboxylic acid groups (broad SMARTS) is 1. The van der Waals surface area contributed by atoms with Crippen LogP contribution in [0.5, 0.6) is 5.75 Å². The van der Waals surface area contributed by atoms with Crippen molar-refractivity contribution >= 4 is 17.7 Å². The fraction of sp³-hybridized carbons (Fsp3) is 0.417. The van der Waals surface area contributed by atoms with Crippen molar-refractivity contribution in [2.45, 2.75) is 18.6 Å². The molecule has 1 fully saturated rings. The van der Waals surface area contributed by atoms with E-state index in [1.807, 2.05) is 17.8 Å². The van der Waals surface area contributed by atoms with E-state index in [-0.39, 0.29) is 6.10 Å². The van der Waals surface area contributed by atoms with Gasteiger partial charge in [-0.1, -0.05) is 18.2 Å². The number of rotatable bonds is 4. The fourth-order valence-corrected chi connectivity index (χ4v) is 2.86. The molecule has 0 saturated carbocycles. The van der Waals surface area contributed by atoms with Gasteiger partial charge in [0.05, 0.1) is 0 Å². The summed E-state index contributed by atoms with van der Waals surface area (Å²) in [5.41, 5.74) is 6.17. The molecule has 17 heavy (non-hydrogen) atoms. The Balaban J connectivity index is 2.17. The smallest absolute Gasteiger partial charge is 0.325 e. The SMILES string of the molecule is NC(C(=O)O)c1ccccc1OC1CCSC1. The normalized spacial score (nSPS) is 21.1. The number of nitrogens with two attached hydrogens (primary N) is 1. The summed E-state index contributed by atoms with van der Waals surface area (Å²) in [5, 5.41) is 8.94. The topological polar surface area (TPSA) is 72.6 Å². The van der Waals surface area contributed by atoms with Crippen molar-refractivity contribution < 1.29 is 14.6 Å². The van der Waals surface area contributed by atoms with Gasteiger partial charge >= 0.3 is 5.97 Å². The van der Waals surface area contributed by atoms with Crippen molar-refractivity contribution in [1.82, 2.24) is 0 Å². The Labute approximate surface area is 104 Å². The fourth-order valence-electron chi connectivity index (χ4n) is 1.76. The van der Waals surface area contributed by atoms with Crippen molar-refractivity contribution in [1.29, 1.82) is 0 Å². The first-order valence-corrected chi connectivity index (χ1v) is 6.65. The highest BCUT2D eigenvalue weighted by Crippen LogP contribution is 2.28. The zero-order valence-electron chi connectivity index (χ0n) is 9.33. The van der Waals surface area contributed by atoms with Crippen LogP contribution in [-0.4, -0.2) is 28.7 Å². The van der Waals surface area contributed by atoms with Crippen LogP contribution in [0.25, 0.3) is 0 Å². The van der Waals surface area contributed by atoms with Crippen LogP contribution in [0.2, 0.25) is 0 Å². The maximum absolute atomic E-state index is 10.9. The molecule has 2 rings (SSSR count). The first kappa shape index (κ1) is 12.3. The second-order valence-electron chi connectivity index (χ2n) is 3.96. The molecule has 1 heterocycles. The maximum Gasteiger partial charge on any atom is 0.325 e. The highest BCUT2D eigenvalue weighted by Gasteiger charge is 2.22. The van der Waals surface area contributed by atoms with Gasteiger partial charge in [0.2, 0.25) is 0 Å². The first-order valence-electron chi connectivity index (χ1n) is 5.50. The van der Waals surface area contributed by atoms with E-state index in [9.17, 15) is 4.79 Å². The number of hydrogen-bond acceptors (Lipinski definition) is 4. The summed E-state index contributed by atoms with van der Waals surface area (Å²) < 4.78 is 5.81. The van der Waals surface area contributed by atoms with Gasteiger partial charge in [-0.15, -0.1) is 0 Å². The van der Waals surface area contributed by atoms with Crippen LogP contribution in [0, 0.1) is 0 Å². The van der Waals surface area contributed by atoms with Crippen LogP contribution in [0.1, 0.15) is 18.0 Å². The molecular formula is C12H15NO3S. The lowest BCUT2D eigenvalue weighted by Gasteiger charge is -2.17. The van der Waals surface area contributed by atoms with Gasteiger partial charge in [0.25, 0.3) is 0 Å². The monoisotopic (exact) mass is 253 g/mol. The van der Waals surface area contributed by atoms with E-state index in [4.69, 9.17) is 15.6 Å². The summed E-state index contributed by atoms with van der Waals surface area (Å²) in [4.78, 5) is 10.9. The van der Waals surface area contributed by atoms with E-state index in [0.717, 1.165) is 17.9 Å². The van der Waals surface area contributed by atoms with Gasteiger partial charge in [0.15, 0.2) is 0 Å². The number of para-hydroxylation sites is 1. The molecule has 1 aliphatic heterocycles. The molecule has 2 atom stereocenters. The molecule has 1 saturated heterocycles. The van der Waals surface area contributed by atoms with E-state index in [0.29, 0.717) is 11.3 Å². The average Bonchev–Trinajstić information content (AvgIpc) is 2.81. The third-order valence-electron chi connectivity index (χ3n) is 2.70. The summed E-state index contributed by atoms with van der Waals surface area (Å²) in [6.45, 7) is 0. The minimum absolute atomic E-state index is 0.169. The molecule has 92 valence electrons. The Morgan fingerprint density at radius 2 is 2.29 bits per heavy atom. The van der Waals surface area contributed by atoms with Gasteiger partial charge in [0.1, 0.15) is 17.9 Å². The summed E-state index contributed by atoms with van der Waals surface area (Å²) in [7, 11) is 0. The number of benzene rings is 1. The summed E-state index contributed by atoms with van der Waals surface area (Å²) in [6.07, 6.45) is 1.17. The van der Waals surface area contributed by atoms with Crippen LogP contribution in [0.4, 0.5) is 0 Å². The standard InChI is InChI=1S/C12H15NO3S/c13-11(12(14)15)9-3-1-2-4-10(9)16-8-5-6-17-7-8/h1-4,8,11H,5-7,13H2,(H,14,15). The lowest BCUT2D eigenvalue weighted by Crippen LogP contribution is -2.23. The largest absolute Gasteiger partial charge is 0.489 e. The molecule has 2 unspecified atom stereocenters. The van der Waals surface area contributed by atoms with E-state index in [1.54, 1.807) is 18.2 Å². The van der Waals surface area contributed by atoms with E-state index in [2.05, 4.69) is 0 Å². The predicted octanol–water partition coefficient (Wildman–Crippen LogP) is 1.66. The Kier molecular flexibility index (Phi) is 3.91. The van der Waals surface area contributed by atoms with Crippen molar-refractivity contribution in [3.8, 4) is 5.75 Å². The summed E-state index contributed by atoms with van der Waals surface area (Å²) in [6, 6.07) is 6.06. The van der Waals surface area contributed by atoms with Gasteiger partial charge in [-0.2, -0.15) is 11.8 Å². The molecule has 3 N–H and O–H groups in total. The maximum atomic E-state index is 10.9. The van der Waals surface area contributed by atoms with Gasteiger partial charge in [0, 0.05) is 11.3 Å². The lowest BCUT2D eigenvalue weighted by molar-refractivity contribution is -0.138. The van der Waals surface area contributed by atoms with Gasteiger partial charge in [-0.05, 0) is 18.2 Å². The summed E-state index contributed by atoms with van der Waals surface area (Å²) in [5.74, 6) is 1.60. The molecule has 0 spiro atoms. The highest BCUT2D eigenvalue weighted by atomic mass is 32.2. The van der Waals surface area contributed by atoms with E-state index < -0.39 is 12.0 Å². The number of hydrogen-bond donors (Lipinski definition) is 2. The Hall–Kier alpha value is -1.20. The van der Waals surface area contributed by atoms with E-state index in [1.165, 1.54) is 0 Å². The third kappa shape index (κ3) is 2.92. The molecule has 0 radical (unpaired) electrons. The van der Waals surface area contributed by atoms with Crippen LogP contribution >= 0.6 is 11.8 Å². The average molecular weight is 253 g/mol.